The molecule has 2 atom stereocenters. The SMILES string of the molecule is CN(CCC=C1c2ccccc2CCc2ccccc21)C(=O)NC1CC1c1ccccc1. The molecule has 2 unspecified atom stereocenters. The minimum absolute atomic E-state index is 0.0218. The highest BCUT2D eigenvalue weighted by atomic mass is 16.2. The van der Waals surface area contributed by atoms with Gasteiger partial charge in [0.1, 0.15) is 0 Å². The van der Waals surface area contributed by atoms with E-state index < -0.39 is 0 Å². The number of nitrogens with zero attached hydrogens (tertiary/aromatic N) is 1. The fourth-order valence-electron chi connectivity index (χ4n) is 4.83. The van der Waals surface area contributed by atoms with Crippen LogP contribution in [0.2, 0.25) is 0 Å². The summed E-state index contributed by atoms with van der Waals surface area (Å²) >= 11 is 0. The van der Waals surface area contributed by atoms with Crippen molar-refractivity contribution in [3.05, 3.63) is 113 Å². The number of urea groups is 1. The lowest BCUT2D eigenvalue weighted by atomic mass is 9.93. The van der Waals surface area contributed by atoms with Crippen molar-refractivity contribution in [1.29, 1.82) is 0 Å². The molecule has 1 saturated carbocycles. The number of nitrogens with one attached hydrogen (secondary N) is 1. The molecule has 0 radical (unpaired) electrons. The first-order valence-electron chi connectivity index (χ1n) is 11.6. The lowest BCUT2D eigenvalue weighted by molar-refractivity contribution is 0.209. The Labute approximate surface area is 190 Å². The quantitative estimate of drug-likeness (QED) is 0.553. The summed E-state index contributed by atoms with van der Waals surface area (Å²) in [5, 5.41) is 3.20. The Kier molecular flexibility index (Phi) is 5.81. The molecule has 2 aliphatic carbocycles. The molecule has 0 aromatic heterocycles. The van der Waals surface area contributed by atoms with Gasteiger partial charge in [0.25, 0.3) is 0 Å². The van der Waals surface area contributed by atoms with Crippen LogP contribution in [0, 0.1) is 0 Å². The average Bonchev–Trinajstić information content (AvgIpc) is 3.62. The molecule has 1 fully saturated rings. The van der Waals surface area contributed by atoms with Crippen molar-refractivity contribution in [2.24, 2.45) is 0 Å². The van der Waals surface area contributed by atoms with E-state index in [1.807, 2.05) is 18.0 Å². The number of fused-ring (bicyclic) bond motifs is 2. The minimum Gasteiger partial charge on any atom is -0.335 e. The number of benzene rings is 3. The molecule has 0 bridgehead atoms. The lowest BCUT2D eigenvalue weighted by Gasteiger charge is -2.18. The second kappa shape index (κ2) is 9.04. The molecule has 3 heteroatoms. The molecule has 5 rings (SSSR count). The van der Waals surface area contributed by atoms with E-state index in [4.69, 9.17) is 0 Å². The van der Waals surface area contributed by atoms with Gasteiger partial charge in [-0.15, -0.1) is 0 Å². The van der Waals surface area contributed by atoms with Crippen molar-refractivity contribution in [3.63, 3.8) is 0 Å². The molecule has 0 spiro atoms. The second-order valence-corrected chi connectivity index (χ2v) is 8.95. The maximum Gasteiger partial charge on any atom is 0.317 e. The molecule has 3 nitrogen and oxygen atoms in total. The van der Waals surface area contributed by atoms with E-state index in [-0.39, 0.29) is 12.1 Å². The third-order valence-electron chi connectivity index (χ3n) is 6.77. The number of carbonyl (C=O) groups excluding carboxylic acids is 1. The van der Waals surface area contributed by atoms with Crippen LogP contribution in [0.3, 0.4) is 0 Å². The van der Waals surface area contributed by atoms with Crippen LogP contribution in [0.4, 0.5) is 4.79 Å². The number of hydrogen-bond acceptors (Lipinski definition) is 1. The van der Waals surface area contributed by atoms with Gasteiger partial charge in [-0.2, -0.15) is 0 Å². The zero-order valence-corrected chi connectivity index (χ0v) is 18.6. The Hall–Kier alpha value is -3.33. The van der Waals surface area contributed by atoms with E-state index >= 15 is 0 Å². The van der Waals surface area contributed by atoms with Crippen molar-refractivity contribution >= 4 is 11.6 Å². The molecule has 0 saturated heterocycles. The van der Waals surface area contributed by atoms with Gasteiger partial charge in [-0.25, -0.2) is 4.79 Å². The Bertz CT molecular complexity index is 1090. The number of hydrogen-bond donors (Lipinski definition) is 1. The first-order valence-corrected chi connectivity index (χ1v) is 11.6. The molecule has 0 heterocycles. The Morgan fingerprint density at radius 2 is 1.50 bits per heavy atom. The smallest absolute Gasteiger partial charge is 0.317 e. The second-order valence-electron chi connectivity index (χ2n) is 8.95. The zero-order valence-electron chi connectivity index (χ0n) is 18.6. The van der Waals surface area contributed by atoms with E-state index in [1.54, 1.807) is 0 Å². The van der Waals surface area contributed by atoms with Crippen molar-refractivity contribution in [2.75, 3.05) is 13.6 Å². The topological polar surface area (TPSA) is 32.3 Å². The van der Waals surface area contributed by atoms with E-state index in [2.05, 4.69) is 84.2 Å². The highest BCUT2D eigenvalue weighted by molar-refractivity contribution is 5.84. The monoisotopic (exact) mass is 422 g/mol. The maximum absolute atomic E-state index is 12.7. The Morgan fingerprint density at radius 3 is 2.16 bits per heavy atom. The van der Waals surface area contributed by atoms with Crippen molar-refractivity contribution < 1.29 is 4.79 Å². The molecule has 3 aromatic carbocycles. The van der Waals surface area contributed by atoms with E-state index in [0.717, 1.165) is 25.7 Å². The van der Waals surface area contributed by atoms with Gasteiger partial charge in [0.15, 0.2) is 0 Å². The van der Waals surface area contributed by atoms with Crippen LogP contribution >= 0.6 is 0 Å². The van der Waals surface area contributed by atoms with Gasteiger partial charge in [0.05, 0.1) is 0 Å². The Morgan fingerprint density at radius 1 is 0.906 bits per heavy atom. The fraction of sp³-hybridized carbons (Fsp3) is 0.276. The van der Waals surface area contributed by atoms with Crippen LogP contribution in [-0.4, -0.2) is 30.6 Å². The molecule has 0 aliphatic heterocycles. The van der Waals surface area contributed by atoms with E-state index in [1.165, 1.54) is 33.4 Å². The maximum atomic E-state index is 12.7. The first kappa shape index (κ1) is 20.6. The summed E-state index contributed by atoms with van der Waals surface area (Å²) in [7, 11) is 1.89. The molecule has 3 aromatic rings. The van der Waals surface area contributed by atoms with Gasteiger partial charge in [-0.05, 0) is 59.1 Å². The molecule has 32 heavy (non-hydrogen) atoms. The highest BCUT2D eigenvalue weighted by Gasteiger charge is 2.39. The predicted molar refractivity (Wildman–Crippen MR) is 131 cm³/mol. The molecule has 2 amide bonds. The van der Waals surface area contributed by atoms with Crippen molar-refractivity contribution in [2.45, 2.75) is 37.6 Å². The van der Waals surface area contributed by atoms with Crippen LogP contribution in [0.15, 0.2) is 84.9 Å². The summed E-state index contributed by atoms with van der Waals surface area (Å²) < 4.78 is 0. The number of carbonyl (C=O) groups is 1. The molecular formula is C29H30N2O. The van der Waals surface area contributed by atoms with Crippen LogP contribution in [0.25, 0.3) is 5.57 Å². The molecule has 162 valence electrons. The molecule has 2 aliphatic rings. The fourth-order valence-corrected chi connectivity index (χ4v) is 4.83. The highest BCUT2D eigenvalue weighted by Crippen LogP contribution is 2.40. The summed E-state index contributed by atoms with van der Waals surface area (Å²) in [5.74, 6) is 0.453. The summed E-state index contributed by atoms with van der Waals surface area (Å²) in [6, 6.07) is 28.2. The normalized spacial score (nSPS) is 18.7. The van der Waals surface area contributed by atoms with Crippen LogP contribution < -0.4 is 5.32 Å². The van der Waals surface area contributed by atoms with Gasteiger partial charge in [0.2, 0.25) is 0 Å². The van der Waals surface area contributed by atoms with Gasteiger partial charge < -0.3 is 10.2 Å². The van der Waals surface area contributed by atoms with Crippen LogP contribution in [-0.2, 0) is 12.8 Å². The average molecular weight is 423 g/mol. The minimum atomic E-state index is 0.0218. The third kappa shape index (κ3) is 4.34. The van der Waals surface area contributed by atoms with Gasteiger partial charge in [-0.3, -0.25) is 0 Å². The van der Waals surface area contributed by atoms with E-state index in [0.29, 0.717) is 12.5 Å². The number of aryl methyl sites for hydroxylation is 2. The largest absolute Gasteiger partial charge is 0.335 e. The van der Waals surface area contributed by atoms with Crippen LogP contribution in [0.1, 0.15) is 46.6 Å². The van der Waals surface area contributed by atoms with Gasteiger partial charge in [0, 0.05) is 25.6 Å². The lowest BCUT2D eigenvalue weighted by Crippen LogP contribution is -2.39. The summed E-state index contributed by atoms with van der Waals surface area (Å²) in [6.45, 7) is 0.697. The van der Waals surface area contributed by atoms with Crippen molar-refractivity contribution in [3.8, 4) is 0 Å². The number of amides is 2. The Balaban J connectivity index is 1.24. The zero-order chi connectivity index (χ0) is 21.9. The van der Waals surface area contributed by atoms with E-state index in [9.17, 15) is 4.79 Å². The predicted octanol–water partition coefficient (Wildman–Crippen LogP) is 5.80. The van der Waals surface area contributed by atoms with Gasteiger partial charge in [-0.1, -0.05) is 84.9 Å². The first-order chi connectivity index (χ1) is 15.7. The number of rotatable bonds is 5. The molecule has 1 N–H and O–H groups in total. The van der Waals surface area contributed by atoms with Crippen LogP contribution in [0.5, 0.6) is 0 Å². The standard InChI is InChI=1S/C29H30N2O/c1-31(29(32)30-28-20-27(28)21-10-3-2-4-11-21)19-9-16-26-24-14-7-5-12-22(24)17-18-23-13-6-8-15-25(23)26/h2-8,10-16,27-28H,9,17-20H2,1H3,(H,30,32). The summed E-state index contributed by atoms with van der Waals surface area (Å²) in [6.07, 6.45) is 6.31. The summed E-state index contributed by atoms with van der Waals surface area (Å²) in [5.41, 5.74) is 8.08. The molecular weight excluding hydrogens is 392 g/mol. The summed E-state index contributed by atoms with van der Waals surface area (Å²) in [4.78, 5) is 14.5. The van der Waals surface area contributed by atoms with Crippen molar-refractivity contribution in [1.82, 2.24) is 10.2 Å². The van der Waals surface area contributed by atoms with Gasteiger partial charge >= 0.3 is 6.03 Å². The third-order valence-corrected chi connectivity index (χ3v) is 6.77.